The van der Waals surface area contributed by atoms with Gasteiger partial charge in [-0.15, -0.1) is 0 Å². The van der Waals surface area contributed by atoms with Crippen LogP contribution >= 0.6 is 0 Å². The van der Waals surface area contributed by atoms with Crippen molar-refractivity contribution in [3.05, 3.63) is 54.1 Å². The predicted molar refractivity (Wildman–Crippen MR) is 111 cm³/mol. The number of para-hydroxylation sites is 1. The molecule has 0 aliphatic rings. The summed E-state index contributed by atoms with van der Waals surface area (Å²) in [6.07, 6.45) is 0.126. The molecule has 154 valence electrons. The summed E-state index contributed by atoms with van der Waals surface area (Å²) in [6.45, 7) is 5.52. The van der Waals surface area contributed by atoms with Gasteiger partial charge in [-0.05, 0) is 50.2 Å². The third-order valence-corrected chi connectivity index (χ3v) is 4.07. The van der Waals surface area contributed by atoms with Crippen LogP contribution in [0.1, 0.15) is 37.6 Å². The Morgan fingerprint density at radius 2 is 1.69 bits per heavy atom. The number of anilines is 2. The van der Waals surface area contributed by atoms with Crippen LogP contribution in [0.5, 0.6) is 5.75 Å². The Balaban J connectivity index is 2.03. The van der Waals surface area contributed by atoms with E-state index in [1.807, 2.05) is 13.8 Å². The smallest absolute Gasteiger partial charge is 0.339 e. The number of amides is 2. The molecule has 2 rings (SSSR count). The van der Waals surface area contributed by atoms with Gasteiger partial charge in [-0.25, -0.2) is 4.79 Å². The van der Waals surface area contributed by atoms with E-state index in [9.17, 15) is 14.4 Å². The summed E-state index contributed by atoms with van der Waals surface area (Å²) in [5.41, 5.74) is 1.32. The van der Waals surface area contributed by atoms with Crippen molar-refractivity contribution in [2.45, 2.75) is 33.3 Å². The van der Waals surface area contributed by atoms with E-state index in [-0.39, 0.29) is 36.4 Å². The molecule has 0 aliphatic carbocycles. The van der Waals surface area contributed by atoms with E-state index >= 15 is 0 Å². The summed E-state index contributed by atoms with van der Waals surface area (Å²) in [5.74, 6) is -0.308. The van der Waals surface area contributed by atoms with Gasteiger partial charge in [-0.2, -0.15) is 0 Å². The Morgan fingerprint density at radius 3 is 2.28 bits per heavy atom. The van der Waals surface area contributed by atoms with E-state index in [1.165, 1.54) is 18.9 Å². The minimum Gasteiger partial charge on any atom is -0.491 e. The van der Waals surface area contributed by atoms with Crippen molar-refractivity contribution in [2.75, 3.05) is 23.9 Å². The zero-order valence-corrected chi connectivity index (χ0v) is 17.1. The highest BCUT2D eigenvalue weighted by molar-refractivity contribution is 6.01. The molecule has 0 heterocycles. The van der Waals surface area contributed by atoms with Crippen molar-refractivity contribution in [3.8, 4) is 5.75 Å². The highest BCUT2D eigenvalue weighted by Crippen LogP contribution is 2.21. The number of esters is 1. The fourth-order valence-electron chi connectivity index (χ4n) is 2.75. The molecule has 0 saturated heterocycles. The van der Waals surface area contributed by atoms with E-state index in [4.69, 9.17) is 9.47 Å². The zero-order chi connectivity index (χ0) is 21.4. The van der Waals surface area contributed by atoms with Crippen LogP contribution in [0.25, 0.3) is 0 Å². The molecule has 0 aromatic heterocycles. The monoisotopic (exact) mass is 398 g/mol. The van der Waals surface area contributed by atoms with Crippen molar-refractivity contribution in [3.63, 3.8) is 0 Å². The molecular weight excluding hydrogens is 372 g/mol. The molecule has 2 aromatic rings. The van der Waals surface area contributed by atoms with E-state index in [2.05, 4.69) is 5.32 Å². The number of hydrogen-bond donors (Lipinski definition) is 1. The molecule has 2 aromatic carbocycles. The number of carbonyl (C=O) groups excluding carboxylic acids is 3. The van der Waals surface area contributed by atoms with Gasteiger partial charge < -0.3 is 19.7 Å². The first-order chi connectivity index (χ1) is 13.8. The van der Waals surface area contributed by atoms with E-state index in [1.54, 1.807) is 48.5 Å². The highest BCUT2D eigenvalue weighted by Gasteiger charge is 2.16. The number of carbonyl (C=O) groups is 3. The molecule has 0 aliphatic heterocycles. The Bertz CT molecular complexity index is 862. The van der Waals surface area contributed by atoms with Crippen molar-refractivity contribution < 1.29 is 23.9 Å². The minimum absolute atomic E-state index is 0.0568. The summed E-state index contributed by atoms with van der Waals surface area (Å²) in [6, 6.07) is 13.7. The maximum atomic E-state index is 12.4. The van der Waals surface area contributed by atoms with Crippen LogP contribution in [-0.4, -0.2) is 37.5 Å². The summed E-state index contributed by atoms with van der Waals surface area (Å²) in [4.78, 5) is 37.8. The molecule has 7 nitrogen and oxygen atoms in total. The maximum absolute atomic E-state index is 12.4. The molecule has 0 saturated carbocycles. The molecule has 0 radical (unpaired) electrons. The Labute approximate surface area is 170 Å². The lowest BCUT2D eigenvalue weighted by molar-refractivity contribution is -0.117. The van der Waals surface area contributed by atoms with Crippen LogP contribution in [0.3, 0.4) is 0 Å². The summed E-state index contributed by atoms with van der Waals surface area (Å²) >= 11 is 0. The van der Waals surface area contributed by atoms with E-state index < -0.39 is 5.97 Å². The predicted octanol–water partition coefficient (Wildman–Crippen LogP) is 3.64. The van der Waals surface area contributed by atoms with Gasteiger partial charge in [0.15, 0.2) is 0 Å². The van der Waals surface area contributed by atoms with E-state index in [0.717, 1.165) is 0 Å². The van der Waals surface area contributed by atoms with Crippen molar-refractivity contribution in [2.24, 2.45) is 0 Å². The quantitative estimate of drug-likeness (QED) is 0.686. The SMILES string of the molecule is COC(=O)c1ccccc1NC(=O)CCN(C(C)=O)c1ccc(OC(C)C)cc1. The van der Waals surface area contributed by atoms with Gasteiger partial charge in [0, 0.05) is 25.6 Å². The molecule has 1 N–H and O–H groups in total. The van der Waals surface area contributed by atoms with Gasteiger partial charge in [-0.1, -0.05) is 12.1 Å². The maximum Gasteiger partial charge on any atom is 0.339 e. The van der Waals surface area contributed by atoms with Crippen molar-refractivity contribution in [1.82, 2.24) is 0 Å². The molecule has 0 spiro atoms. The number of nitrogens with zero attached hydrogens (tertiary/aromatic N) is 1. The number of hydrogen-bond acceptors (Lipinski definition) is 5. The Morgan fingerprint density at radius 1 is 1.03 bits per heavy atom. The van der Waals surface area contributed by atoms with E-state index in [0.29, 0.717) is 17.1 Å². The first kappa shape index (κ1) is 21.9. The van der Waals surface area contributed by atoms with Crippen LogP contribution < -0.4 is 15.0 Å². The van der Waals surface area contributed by atoms with Crippen LogP contribution in [-0.2, 0) is 14.3 Å². The van der Waals surface area contributed by atoms with Gasteiger partial charge >= 0.3 is 5.97 Å². The lowest BCUT2D eigenvalue weighted by Crippen LogP contribution is -2.32. The number of benzene rings is 2. The van der Waals surface area contributed by atoms with Gasteiger partial charge in [0.1, 0.15) is 5.75 Å². The third-order valence-electron chi connectivity index (χ3n) is 4.07. The van der Waals surface area contributed by atoms with Crippen LogP contribution in [0, 0.1) is 0 Å². The molecule has 0 fully saturated rings. The molecule has 29 heavy (non-hydrogen) atoms. The summed E-state index contributed by atoms with van der Waals surface area (Å²) < 4.78 is 10.3. The second-order valence-electron chi connectivity index (χ2n) is 6.67. The standard InChI is InChI=1S/C22H26N2O5/c1-15(2)29-18-11-9-17(10-12-18)24(16(3)25)14-13-21(26)23-20-8-6-5-7-19(20)22(27)28-4/h5-12,15H,13-14H2,1-4H3,(H,23,26). The average Bonchev–Trinajstić information content (AvgIpc) is 2.68. The number of nitrogens with one attached hydrogen (secondary N) is 1. The first-order valence-electron chi connectivity index (χ1n) is 9.33. The second kappa shape index (κ2) is 10.3. The Kier molecular flexibility index (Phi) is 7.77. The van der Waals surface area contributed by atoms with Crippen molar-refractivity contribution >= 4 is 29.2 Å². The highest BCUT2D eigenvalue weighted by atomic mass is 16.5. The summed E-state index contributed by atoms with van der Waals surface area (Å²) in [5, 5.41) is 2.70. The number of ether oxygens (including phenoxy) is 2. The zero-order valence-electron chi connectivity index (χ0n) is 17.1. The van der Waals surface area contributed by atoms with Crippen molar-refractivity contribution in [1.29, 1.82) is 0 Å². The molecule has 0 atom stereocenters. The first-order valence-corrected chi connectivity index (χ1v) is 9.33. The van der Waals surface area contributed by atoms with Crippen LogP contribution in [0.15, 0.2) is 48.5 Å². The van der Waals surface area contributed by atoms with Crippen LogP contribution in [0.4, 0.5) is 11.4 Å². The largest absolute Gasteiger partial charge is 0.491 e. The van der Waals surface area contributed by atoms with Gasteiger partial charge in [0.05, 0.1) is 24.5 Å². The number of rotatable bonds is 8. The lowest BCUT2D eigenvalue weighted by Gasteiger charge is -2.21. The molecule has 2 amide bonds. The minimum atomic E-state index is -0.532. The van der Waals surface area contributed by atoms with Gasteiger partial charge in [0.25, 0.3) is 0 Å². The fourth-order valence-corrected chi connectivity index (χ4v) is 2.75. The Hall–Kier alpha value is -3.35. The summed E-state index contributed by atoms with van der Waals surface area (Å²) in [7, 11) is 1.28. The topological polar surface area (TPSA) is 84.9 Å². The number of methoxy groups -OCH3 is 1. The molecule has 7 heteroatoms. The fraction of sp³-hybridized carbons (Fsp3) is 0.318. The molecular formula is C22H26N2O5. The van der Waals surface area contributed by atoms with Gasteiger partial charge in [0.2, 0.25) is 11.8 Å². The average molecular weight is 398 g/mol. The van der Waals surface area contributed by atoms with Gasteiger partial charge in [-0.3, -0.25) is 9.59 Å². The normalized spacial score (nSPS) is 10.4. The third kappa shape index (κ3) is 6.34. The second-order valence-corrected chi connectivity index (χ2v) is 6.67. The molecule has 0 bridgehead atoms. The lowest BCUT2D eigenvalue weighted by atomic mass is 10.1. The van der Waals surface area contributed by atoms with Crippen LogP contribution in [0.2, 0.25) is 0 Å². The molecule has 0 unspecified atom stereocenters.